The highest BCUT2D eigenvalue weighted by atomic mass is 16.6. The Bertz CT molecular complexity index is 1120. The number of hydrogen-bond donors (Lipinski definition) is 1. The molecule has 0 unspecified atom stereocenters. The van der Waals surface area contributed by atoms with Gasteiger partial charge in [-0.3, -0.25) is 4.79 Å². The van der Waals surface area contributed by atoms with Crippen molar-refractivity contribution in [3.8, 4) is 0 Å². The van der Waals surface area contributed by atoms with E-state index in [0.29, 0.717) is 17.8 Å². The van der Waals surface area contributed by atoms with E-state index in [1.807, 2.05) is 26.0 Å². The zero-order chi connectivity index (χ0) is 25.1. The van der Waals surface area contributed by atoms with Gasteiger partial charge >= 0.3 is 5.97 Å². The molecular weight excluding hydrogens is 446 g/mol. The summed E-state index contributed by atoms with van der Waals surface area (Å²) < 4.78 is 6.44. The van der Waals surface area contributed by atoms with Gasteiger partial charge in [-0.15, -0.1) is 0 Å². The summed E-state index contributed by atoms with van der Waals surface area (Å²) in [6.45, 7) is 5.86. The van der Waals surface area contributed by atoms with Gasteiger partial charge in [-0.05, 0) is 81.1 Å². The Morgan fingerprint density at radius 3 is 2.61 bits per heavy atom. The van der Waals surface area contributed by atoms with Crippen molar-refractivity contribution in [2.24, 2.45) is 17.8 Å². The molecule has 3 fully saturated rings. The number of aromatic amines is 1. The quantitative estimate of drug-likeness (QED) is 0.338. The van der Waals surface area contributed by atoms with Crippen LogP contribution in [0.4, 0.5) is 0 Å². The number of hydrogen-bond acceptors (Lipinski definition) is 4. The second-order valence-corrected chi connectivity index (χ2v) is 11.5. The Labute approximate surface area is 215 Å². The fourth-order valence-corrected chi connectivity index (χ4v) is 6.61. The van der Waals surface area contributed by atoms with Gasteiger partial charge in [0.15, 0.2) is 0 Å². The molecule has 1 aromatic heterocycles. The first kappa shape index (κ1) is 25.0. The number of aryl methyl sites for hydroxylation is 1. The van der Waals surface area contributed by atoms with E-state index in [1.54, 1.807) is 0 Å². The third-order valence-corrected chi connectivity index (χ3v) is 8.66. The molecule has 1 heterocycles. The summed E-state index contributed by atoms with van der Waals surface area (Å²) in [5.74, 6) is 2.57. The van der Waals surface area contributed by atoms with E-state index >= 15 is 0 Å². The third-order valence-electron chi connectivity index (χ3n) is 8.66. The topological polar surface area (TPSA) is 58.2 Å². The van der Waals surface area contributed by atoms with Crippen molar-refractivity contribution in [2.75, 3.05) is 20.1 Å². The molecule has 3 aromatic rings. The van der Waals surface area contributed by atoms with Crippen molar-refractivity contribution < 1.29 is 9.53 Å². The zero-order valence-electron chi connectivity index (χ0n) is 22.1. The molecule has 192 valence electrons. The third kappa shape index (κ3) is 5.36. The highest BCUT2D eigenvalue weighted by Crippen LogP contribution is 2.56. The predicted molar refractivity (Wildman–Crippen MR) is 145 cm³/mol. The first-order valence-electron chi connectivity index (χ1n) is 13.8. The molecule has 5 nitrogen and oxygen atoms in total. The highest BCUT2D eigenvalue weighted by Gasteiger charge is 2.53. The Balaban J connectivity index is 1.21. The largest absolute Gasteiger partial charge is 0.459 e. The summed E-state index contributed by atoms with van der Waals surface area (Å²) >= 11 is 0. The fourth-order valence-electron chi connectivity index (χ4n) is 6.61. The Morgan fingerprint density at radius 1 is 1.11 bits per heavy atom. The molecule has 3 saturated carbocycles. The molecule has 0 radical (unpaired) electrons. The number of imidazole rings is 1. The summed E-state index contributed by atoms with van der Waals surface area (Å²) in [4.78, 5) is 23.4. The molecule has 3 aliphatic carbocycles. The normalized spacial score (nSPS) is 25.6. The molecule has 3 aliphatic rings. The summed E-state index contributed by atoms with van der Waals surface area (Å²) in [7, 11) is 2.20. The van der Waals surface area contributed by atoms with E-state index < -0.39 is 0 Å². The number of ether oxygens (including phenoxy) is 1. The van der Waals surface area contributed by atoms with Crippen LogP contribution >= 0.6 is 0 Å². The molecule has 0 aliphatic heterocycles. The second-order valence-electron chi connectivity index (χ2n) is 11.5. The molecular formula is C31H41N3O2. The number of nitrogens with zero attached hydrogens (tertiary/aromatic N) is 2. The maximum Gasteiger partial charge on any atom is 0.308 e. The van der Waals surface area contributed by atoms with Crippen molar-refractivity contribution in [1.82, 2.24) is 14.9 Å². The predicted octanol–water partition coefficient (Wildman–Crippen LogP) is 6.36. The number of rotatable bonds is 10. The van der Waals surface area contributed by atoms with Crippen LogP contribution in [0.1, 0.15) is 69.7 Å². The molecule has 1 N–H and O–H groups in total. The molecule has 0 spiro atoms. The zero-order valence-corrected chi connectivity index (χ0v) is 22.1. The lowest BCUT2D eigenvalue weighted by Crippen LogP contribution is -2.54. The minimum absolute atomic E-state index is 0.0358. The maximum absolute atomic E-state index is 12.8. The summed E-state index contributed by atoms with van der Waals surface area (Å²) in [6, 6.07) is 19.2. The molecule has 2 aromatic carbocycles. The van der Waals surface area contributed by atoms with Crippen LogP contribution < -0.4 is 0 Å². The van der Waals surface area contributed by atoms with Crippen LogP contribution in [0.5, 0.6) is 0 Å². The Kier molecular flexibility index (Phi) is 7.47. The van der Waals surface area contributed by atoms with Gasteiger partial charge in [-0.2, -0.15) is 0 Å². The van der Waals surface area contributed by atoms with Crippen LogP contribution in [-0.4, -0.2) is 46.6 Å². The van der Waals surface area contributed by atoms with Gasteiger partial charge in [0.25, 0.3) is 0 Å². The SMILES string of the molecule is CC(C)C(=O)O[C@@]1(CCN(C)CCCc2nc3ccccc3[nH]2)C[C@H]2CC[C@@H]1C[C@H]2c1ccccc1. The van der Waals surface area contributed by atoms with Crippen LogP contribution in [-0.2, 0) is 16.0 Å². The first-order chi connectivity index (χ1) is 17.4. The standard InChI is InChI=1S/C31H41N3O2/c1-22(2)30(35)36-31(21-24-15-16-25(31)20-26(24)23-10-5-4-6-11-23)17-19-34(3)18-9-14-29-32-27-12-7-8-13-28(27)33-29/h4-8,10-13,22,24-26H,9,14-21H2,1-3H3,(H,32,33)/t24-,25-,26+,31+/m1/s1. The molecule has 36 heavy (non-hydrogen) atoms. The monoisotopic (exact) mass is 487 g/mol. The van der Waals surface area contributed by atoms with Gasteiger partial charge < -0.3 is 14.6 Å². The molecule has 0 saturated heterocycles. The van der Waals surface area contributed by atoms with Gasteiger partial charge in [0.05, 0.1) is 17.0 Å². The van der Waals surface area contributed by atoms with Crippen molar-refractivity contribution in [2.45, 2.75) is 70.3 Å². The van der Waals surface area contributed by atoms with E-state index in [1.165, 1.54) is 18.4 Å². The van der Waals surface area contributed by atoms with E-state index in [9.17, 15) is 4.79 Å². The fraction of sp³-hybridized carbons (Fsp3) is 0.548. The Morgan fingerprint density at radius 2 is 1.89 bits per heavy atom. The number of nitrogens with one attached hydrogen (secondary N) is 1. The number of esters is 1. The number of fused-ring (bicyclic) bond motifs is 4. The molecule has 6 rings (SSSR count). The smallest absolute Gasteiger partial charge is 0.308 e. The van der Waals surface area contributed by atoms with Gasteiger partial charge in [-0.25, -0.2) is 4.98 Å². The minimum Gasteiger partial charge on any atom is -0.459 e. The van der Waals surface area contributed by atoms with Gasteiger partial charge in [0, 0.05) is 19.4 Å². The Hall–Kier alpha value is -2.66. The summed E-state index contributed by atoms with van der Waals surface area (Å²) in [5.41, 5.74) is 3.29. The number of para-hydroxylation sites is 2. The number of aromatic nitrogens is 2. The maximum atomic E-state index is 12.8. The first-order valence-corrected chi connectivity index (χ1v) is 13.8. The minimum atomic E-state index is -0.317. The number of carbonyl (C=O) groups excluding carboxylic acids is 1. The van der Waals surface area contributed by atoms with Crippen LogP contribution in [0, 0.1) is 17.8 Å². The van der Waals surface area contributed by atoms with Crippen LogP contribution in [0.3, 0.4) is 0 Å². The molecule has 0 amide bonds. The van der Waals surface area contributed by atoms with Crippen LogP contribution in [0.25, 0.3) is 11.0 Å². The van der Waals surface area contributed by atoms with Gasteiger partial charge in [0.2, 0.25) is 0 Å². The number of carbonyl (C=O) groups is 1. The van der Waals surface area contributed by atoms with E-state index in [0.717, 1.165) is 62.1 Å². The average Bonchev–Trinajstić information content (AvgIpc) is 3.31. The average molecular weight is 488 g/mol. The van der Waals surface area contributed by atoms with Crippen molar-refractivity contribution in [3.05, 3.63) is 66.0 Å². The lowest BCUT2D eigenvalue weighted by atomic mass is 9.55. The number of H-pyrrole nitrogens is 1. The van der Waals surface area contributed by atoms with Crippen molar-refractivity contribution >= 4 is 17.0 Å². The summed E-state index contributed by atoms with van der Waals surface area (Å²) in [6.07, 6.45) is 7.48. The highest BCUT2D eigenvalue weighted by molar-refractivity contribution is 5.74. The molecule has 2 bridgehead atoms. The molecule has 4 atom stereocenters. The number of benzene rings is 2. The lowest BCUT2D eigenvalue weighted by molar-refractivity contribution is -0.188. The van der Waals surface area contributed by atoms with Gasteiger partial charge in [0.1, 0.15) is 11.4 Å². The summed E-state index contributed by atoms with van der Waals surface area (Å²) in [5, 5.41) is 0. The van der Waals surface area contributed by atoms with Crippen LogP contribution in [0.15, 0.2) is 54.6 Å². The van der Waals surface area contributed by atoms with Gasteiger partial charge in [-0.1, -0.05) is 56.3 Å². The van der Waals surface area contributed by atoms with Crippen molar-refractivity contribution in [3.63, 3.8) is 0 Å². The van der Waals surface area contributed by atoms with Crippen molar-refractivity contribution in [1.29, 1.82) is 0 Å². The van der Waals surface area contributed by atoms with E-state index in [-0.39, 0.29) is 17.5 Å². The van der Waals surface area contributed by atoms with E-state index in [4.69, 9.17) is 9.72 Å². The van der Waals surface area contributed by atoms with E-state index in [2.05, 4.69) is 59.4 Å². The van der Waals surface area contributed by atoms with Crippen LogP contribution in [0.2, 0.25) is 0 Å². The second kappa shape index (κ2) is 10.8. The lowest BCUT2D eigenvalue weighted by Gasteiger charge is -2.54. The molecule has 5 heteroatoms.